The molecule has 1 aromatic carbocycles. The number of aliphatic hydroxyl groups is 1. The molecule has 0 saturated carbocycles. The Morgan fingerprint density at radius 2 is 2.07 bits per heavy atom. The Kier molecular flexibility index (Phi) is 2.44. The molecule has 0 unspecified atom stereocenters. The van der Waals surface area contributed by atoms with Gasteiger partial charge < -0.3 is 10.1 Å². The molecular formula is C11H11F2NO. The topological polar surface area (TPSA) is 36.0 Å². The van der Waals surface area contributed by atoms with E-state index in [9.17, 15) is 8.78 Å². The first-order valence-corrected chi connectivity index (χ1v) is 4.70. The van der Waals surface area contributed by atoms with Gasteiger partial charge in [0, 0.05) is 35.7 Å². The molecule has 4 heteroatoms. The molecule has 1 aromatic heterocycles. The lowest BCUT2D eigenvalue weighted by Crippen LogP contribution is -2.15. The van der Waals surface area contributed by atoms with Crippen molar-refractivity contribution in [3.63, 3.8) is 0 Å². The predicted octanol–water partition coefficient (Wildman–Crippen LogP) is 2.64. The smallest absolute Gasteiger partial charge is 0.276 e. The minimum atomic E-state index is -2.98. The predicted molar refractivity (Wildman–Crippen MR) is 53.9 cm³/mol. The van der Waals surface area contributed by atoms with Gasteiger partial charge in [0.15, 0.2) is 0 Å². The summed E-state index contributed by atoms with van der Waals surface area (Å²) in [6.45, 7) is -0.520. The van der Waals surface area contributed by atoms with Crippen molar-refractivity contribution >= 4 is 10.9 Å². The van der Waals surface area contributed by atoms with Gasteiger partial charge in [0.25, 0.3) is 5.92 Å². The lowest BCUT2D eigenvalue weighted by Gasteiger charge is -2.16. The van der Waals surface area contributed by atoms with Crippen LogP contribution in [-0.2, 0) is 5.92 Å². The van der Waals surface area contributed by atoms with E-state index in [2.05, 4.69) is 4.98 Å². The summed E-state index contributed by atoms with van der Waals surface area (Å²) < 4.78 is 27.2. The van der Waals surface area contributed by atoms with Crippen molar-refractivity contribution in [1.29, 1.82) is 0 Å². The van der Waals surface area contributed by atoms with Gasteiger partial charge in [0.05, 0.1) is 0 Å². The van der Waals surface area contributed by atoms with Gasteiger partial charge in [-0.25, -0.2) is 8.78 Å². The summed E-state index contributed by atoms with van der Waals surface area (Å²) in [7, 11) is 0. The summed E-state index contributed by atoms with van der Waals surface area (Å²) in [5.74, 6) is -2.98. The molecule has 0 aliphatic heterocycles. The Hall–Kier alpha value is -1.42. The summed E-state index contributed by atoms with van der Waals surface area (Å²) in [5.41, 5.74) is 0.653. The van der Waals surface area contributed by atoms with Crippen molar-refractivity contribution in [2.24, 2.45) is 0 Å². The van der Waals surface area contributed by atoms with Crippen molar-refractivity contribution in [2.75, 3.05) is 6.61 Å². The summed E-state index contributed by atoms with van der Waals surface area (Å²) in [5, 5.41) is 9.11. The number of fused-ring (bicyclic) bond motifs is 1. The zero-order valence-corrected chi connectivity index (χ0v) is 8.00. The fraction of sp³-hybridized carbons (Fsp3) is 0.273. The molecule has 0 aliphatic rings. The van der Waals surface area contributed by atoms with Crippen LogP contribution in [0.25, 0.3) is 10.9 Å². The Balaban J connectivity index is 2.55. The van der Waals surface area contributed by atoms with Gasteiger partial charge in [0.1, 0.15) is 0 Å². The van der Waals surface area contributed by atoms with Crippen LogP contribution in [0.2, 0.25) is 0 Å². The monoisotopic (exact) mass is 211 g/mol. The van der Waals surface area contributed by atoms with Crippen molar-refractivity contribution < 1.29 is 13.9 Å². The second-order valence-electron chi connectivity index (χ2n) is 3.42. The van der Waals surface area contributed by atoms with Crippen molar-refractivity contribution in [3.05, 3.63) is 36.0 Å². The Morgan fingerprint density at radius 3 is 2.80 bits per heavy atom. The van der Waals surface area contributed by atoms with E-state index < -0.39 is 19.0 Å². The number of H-pyrrole nitrogens is 1. The molecule has 0 saturated heterocycles. The fourth-order valence-corrected chi connectivity index (χ4v) is 1.68. The molecule has 2 N–H and O–H groups in total. The van der Waals surface area contributed by atoms with Gasteiger partial charge in [-0.05, 0) is 12.1 Å². The average Bonchev–Trinajstić information content (AvgIpc) is 2.64. The van der Waals surface area contributed by atoms with Crippen LogP contribution in [0.1, 0.15) is 12.0 Å². The SMILES string of the molecule is OCCC(F)(F)c1cccc2[nH]ccc12. The number of aromatic amines is 1. The standard InChI is InChI=1S/C11H11F2NO/c12-11(13,5-7-15)9-2-1-3-10-8(9)4-6-14-10/h1-4,6,14-15H,5,7H2. The Morgan fingerprint density at radius 1 is 1.27 bits per heavy atom. The lowest BCUT2D eigenvalue weighted by molar-refractivity contribution is -0.0255. The zero-order chi connectivity index (χ0) is 10.9. The first kappa shape index (κ1) is 10.1. The van der Waals surface area contributed by atoms with Crippen LogP contribution in [0, 0.1) is 0 Å². The lowest BCUT2D eigenvalue weighted by atomic mass is 10.0. The number of nitrogens with one attached hydrogen (secondary N) is 1. The van der Waals surface area contributed by atoms with E-state index in [1.165, 1.54) is 6.07 Å². The normalized spacial score (nSPS) is 12.2. The van der Waals surface area contributed by atoms with E-state index in [4.69, 9.17) is 5.11 Å². The number of hydrogen-bond acceptors (Lipinski definition) is 1. The molecule has 0 bridgehead atoms. The van der Waals surface area contributed by atoms with E-state index in [1.807, 2.05) is 0 Å². The van der Waals surface area contributed by atoms with Crippen LogP contribution in [0.5, 0.6) is 0 Å². The molecule has 15 heavy (non-hydrogen) atoms. The molecule has 2 nitrogen and oxygen atoms in total. The molecule has 0 fully saturated rings. The van der Waals surface area contributed by atoms with Gasteiger partial charge in [-0.3, -0.25) is 0 Å². The summed E-state index contributed by atoms with van der Waals surface area (Å²) in [4.78, 5) is 2.88. The van der Waals surface area contributed by atoms with Crippen LogP contribution >= 0.6 is 0 Å². The number of aromatic nitrogens is 1. The highest BCUT2D eigenvalue weighted by Crippen LogP contribution is 2.35. The van der Waals surface area contributed by atoms with E-state index in [-0.39, 0.29) is 5.56 Å². The number of rotatable bonds is 3. The van der Waals surface area contributed by atoms with Crippen LogP contribution in [0.15, 0.2) is 30.5 Å². The molecule has 1 heterocycles. The molecule has 80 valence electrons. The van der Waals surface area contributed by atoms with Crippen LogP contribution in [0.4, 0.5) is 8.78 Å². The van der Waals surface area contributed by atoms with Gasteiger partial charge in [-0.1, -0.05) is 12.1 Å². The fourth-order valence-electron chi connectivity index (χ4n) is 1.68. The highest BCUT2D eigenvalue weighted by molar-refractivity contribution is 5.83. The van der Waals surface area contributed by atoms with Crippen LogP contribution < -0.4 is 0 Å². The Labute approximate surface area is 85.5 Å². The average molecular weight is 211 g/mol. The number of benzene rings is 1. The minimum Gasteiger partial charge on any atom is -0.396 e. The van der Waals surface area contributed by atoms with Gasteiger partial charge in [-0.15, -0.1) is 0 Å². The van der Waals surface area contributed by atoms with E-state index in [0.717, 1.165) is 0 Å². The molecular weight excluding hydrogens is 200 g/mol. The van der Waals surface area contributed by atoms with Crippen molar-refractivity contribution in [1.82, 2.24) is 4.98 Å². The molecule has 2 rings (SSSR count). The first-order valence-electron chi connectivity index (χ1n) is 4.70. The first-order chi connectivity index (χ1) is 7.15. The van der Waals surface area contributed by atoms with E-state index >= 15 is 0 Å². The highest BCUT2D eigenvalue weighted by atomic mass is 19.3. The maximum absolute atomic E-state index is 13.6. The number of hydrogen-bond donors (Lipinski definition) is 2. The third kappa shape index (κ3) is 1.72. The van der Waals surface area contributed by atoms with E-state index in [0.29, 0.717) is 10.9 Å². The third-order valence-corrected chi connectivity index (χ3v) is 2.41. The molecule has 0 aliphatic carbocycles. The molecule has 0 atom stereocenters. The molecule has 0 amide bonds. The molecule has 0 radical (unpaired) electrons. The summed E-state index contributed by atoms with van der Waals surface area (Å²) in [6, 6.07) is 6.34. The van der Waals surface area contributed by atoms with Crippen LogP contribution in [-0.4, -0.2) is 16.7 Å². The summed E-state index contributed by atoms with van der Waals surface area (Å²) >= 11 is 0. The Bertz CT molecular complexity index is 464. The minimum absolute atomic E-state index is 0.0321. The number of aliphatic hydroxyl groups excluding tert-OH is 1. The molecule has 0 spiro atoms. The maximum Gasteiger partial charge on any atom is 0.276 e. The number of alkyl halides is 2. The zero-order valence-electron chi connectivity index (χ0n) is 8.00. The second-order valence-corrected chi connectivity index (χ2v) is 3.42. The summed E-state index contributed by atoms with van der Waals surface area (Å²) in [6.07, 6.45) is 1.08. The van der Waals surface area contributed by atoms with Gasteiger partial charge in [0.2, 0.25) is 0 Å². The largest absolute Gasteiger partial charge is 0.396 e. The highest BCUT2D eigenvalue weighted by Gasteiger charge is 2.32. The van der Waals surface area contributed by atoms with Gasteiger partial charge in [-0.2, -0.15) is 0 Å². The van der Waals surface area contributed by atoms with Crippen molar-refractivity contribution in [3.8, 4) is 0 Å². The molecule has 2 aromatic rings. The quantitative estimate of drug-likeness (QED) is 0.804. The number of halogens is 2. The third-order valence-electron chi connectivity index (χ3n) is 2.41. The maximum atomic E-state index is 13.6. The second kappa shape index (κ2) is 3.62. The van der Waals surface area contributed by atoms with Gasteiger partial charge >= 0.3 is 0 Å². The van der Waals surface area contributed by atoms with Crippen LogP contribution in [0.3, 0.4) is 0 Å². The van der Waals surface area contributed by atoms with E-state index in [1.54, 1.807) is 24.4 Å². The van der Waals surface area contributed by atoms with Crippen molar-refractivity contribution in [2.45, 2.75) is 12.3 Å².